The summed E-state index contributed by atoms with van der Waals surface area (Å²) in [6, 6.07) is -0.810. The van der Waals surface area contributed by atoms with Crippen LogP contribution in [-0.4, -0.2) is 61.6 Å². The van der Waals surface area contributed by atoms with Gasteiger partial charge in [-0.15, -0.1) is 0 Å². The monoisotopic (exact) mass is 278 g/mol. The summed E-state index contributed by atoms with van der Waals surface area (Å²) in [5.74, 6) is -1.58. The van der Waals surface area contributed by atoms with Gasteiger partial charge in [-0.25, -0.2) is 13.2 Å². The first-order valence-electron chi connectivity index (χ1n) is 5.66. The van der Waals surface area contributed by atoms with Gasteiger partial charge in [-0.05, 0) is 6.42 Å². The molecule has 0 aliphatic carbocycles. The number of aliphatic carboxylic acids is 1. The molecule has 1 heterocycles. The zero-order valence-corrected chi connectivity index (χ0v) is 11.2. The lowest BCUT2D eigenvalue weighted by molar-refractivity contribution is -0.141. The third kappa shape index (κ3) is 4.17. The molecule has 2 unspecified atom stereocenters. The Hall–Kier alpha value is -1.31. The molecule has 2 N–H and O–H groups in total. The normalized spacial score (nSPS) is 23.3. The Morgan fingerprint density at radius 1 is 1.50 bits per heavy atom. The highest BCUT2D eigenvalue weighted by atomic mass is 32.2. The van der Waals surface area contributed by atoms with Crippen LogP contribution in [0.3, 0.4) is 0 Å². The molecule has 1 fully saturated rings. The molecule has 0 saturated carbocycles. The number of carboxylic acid groups (broad SMARTS) is 1. The van der Waals surface area contributed by atoms with Crippen LogP contribution >= 0.6 is 0 Å². The summed E-state index contributed by atoms with van der Waals surface area (Å²) in [6.45, 7) is 1.59. The summed E-state index contributed by atoms with van der Waals surface area (Å²) in [5, 5.41) is 11.3. The Morgan fingerprint density at radius 2 is 2.11 bits per heavy atom. The molecule has 0 radical (unpaired) electrons. The smallest absolute Gasteiger partial charge is 0.317 e. The molecule has 0 aromatic rings. The molecule has 0 aromatic carbocycles. The van der Waals surface area contributed by atoms with Gasteiger partial charge in [0.1, 0.15) is 0 Å². The van der Waals surface area contributed by atoms with E-state index in [1.807, 2.05) is 0 Å². The van der Waals surface area contributed by atoms with Crippen molar-refractivity contribution in [3.8, 4) is 0 Å². The molecule has 0 aromatic heterocycles. The Labute approximate surface area is 106 Å². The fraction of sp³-hybridized carbons (Fsp3) is 0.800. The zero-order valence-electron chi connectivity index (χ0n) is 10.4. The Balaban J connectivity index is 2.44. The zero-order chi connectivity index (χ0) is 13.9. The van der Waals surface area contributed by atoms with Crippen molar-refractivity contribution in [2.45, 2.75) is 19.4 Å². The predicted molar refractivity (Wildman–Crippen MR) is 65.0 cm³/mol. The lowest BCUT2D eigenvalue weighted by Gasteiger charge is -2.22. The number of carbonyl (C=O) groups excluding carboxylic acids is 1. The SMILES string of the molecule is CC(CN(C)C(=O)NC1CCS(=O)(=O)C1)C(=O)O. The van der Waals surface area contributed by atoms with Crippen LogP contribution < -0.4 is 5.32 Å². The molecule has 1 aliphatic rings. The van der Waals surface area contributed by atoms with Crippen LogP contribution in [0.4, 0.5) is 4.79 Å². The highest BCUT2D eigenvalue weighted by molar-refractivity contribution is 7.91. The molecule has 0 bridgehead atoms. The quantitative estimate of drug-likeness (QED) is 0.724. The van der Waals surface area contributed by atoms with E-state index < -0.39 is 27.8 Å². The fourth-order valence-electron chi connectivity index (χ4n) is 1.77. The number of nitrogens with one attached hydrogen (secondary N) is 1. The maximum Gasteiger partial charge on any atom is 0.317 e. The van der Waals surface area contributed by atoms with E-state index in [4.69, 9.17) is 5.11 Å². The Bertz CT molecular complexity index is 434. The summed E-state index contributed by atoms with van der Waals surface area (Å²) in [5.41, 5.74) is 0. The molecule has 1 aliphatic heterocycles. The minimum Gasteiger partial charge on any atom is -0.481 e. The summed E-state index contributed by atoms with van der Waals surface area (Å²) in [6.07, 6.45) is 0.413. The van der Waals surface area contributed by atoms with Gasteiger partial charge in [0.05, 0.1) is 17.4 Å². The molecule has 18 heavy (non-hydrogen) atoms. The van der Waals surface area contributed by atoms with Gasteiger partial charge in [0, 0.05) is 19.6 Å². The number of sulfone groups is 1. The molecule has 0 spiro atoms. The van der Waals surface area contributed by atoms with Crippen molar-refractivity contribution in [3.05, 3.63) is 0 Å². The largest absolute Gasteiger partial charge is 0.481 e. The summed E-state index contributed by atoms with van der Waals surface area (Å²) >= 11 is 0. The summed E-state index contributed by atoms with van der Waals surface area (Å²) in [4.78, 5) is 23.6. The number of amides is 2. The number of hydrogen-bond donors (Lipinski definition) is 2. The highest BCUT2D eigenvalue weighted by Gasteiger charge is 2.30. The molecule has 104 valence electrons. The first-order chi connectivity index (χ1) is 8.21. The molecule has 8 heteroatoms. The maximum absolute atomic E-state index is 11.7. The standard InChI is InChI=1S/C10H18N2O5S/c1-7(9(13)14)5-12(2)10(15)11-8-3-4-18(16,17)6-8/h7-8H,3-6H2,1-2H3,(H,11,15)(H,13,14). The van der Waals surface area contributed by atoms with Crippen LogP contribution in [0.25, 0.3) is 0 Å². The van der Waals surface area contributed by atoms with Crippen LogP contribution in [0.1, 0.15) is 13.3 Å². The number of hydrogen-bond acceptors (Lipinski definition) is 4. The lowest BCUT2D eigenvalue weighted by atomic mass is 10.2. The topological polar surface area (TPSA) is 104 Å². The average molecular weight is 278 g/mol. The van der Waals surface area contributed by atoms with Crippen LogP contribution in [-0.2, 0) is 14.6 Å². The number of carboxylic acids is 1. The van der Waals surface area contributed by atoms with E-state index in [9.17, 15) is 18.0 Å². The second kappa shape index (κ2) is 5.55. The predicted octanol–water partition coefficient (Wildman–Crippen LogP) is -0.464. The van der Waals surface area contributed by atoms with Crippen molar-refractivity contribution in [3.63, 3.8) is 0 Å². The molecule has 7 nitrogen and oxygen atoms in total. The van der Waals surface area contributed by atoms with E-state index in [0.29, 0.717) is 6.42 Å². The van der Waals surface area contributed by atoms with Gasteiger partial charge in [-0.3, -0.25) is 4.79 Å². The van der Waals surface area contributed by atoms with E-state index in [1.54, 1.807) is 0 Å². The maximum atomic E-state index is 11.7. The van der Waals surface area contributed by atoms with Gasteiger partial charge < -0.3 is 15.3 Å². The molecule has 1 saturated heterocycles. The molecular weight excluding hydrogens is 260 g/mol. The highest BCUT2D eigenvalue weighted by Crippen LogP contribution is 2.11. The average Bonchev–Trinajstić information content (AvgIpc) is 2.57. The molecule has 2 atom stereocenters. The lowest BCUT2D eigenvalue weighted by Crippen LogP contribution is -2.45. The van der Waals surface area contributed by atoms with Crippen molar-refractivity contribution in [1.82, 2.24) is 10.2 Å². The Morgan fingerprint density at radius 3 is 2.56 bits per heavy atom. The number of carbonyl (C=O) groups is 2. The van der Waals surface area contributed by atoms with Gasteiger partial charge in [0.15, 0.2) is 9.84 Å². The Kier molecular flexibility index (Phi) is 4.55. The van der Waals surface area contributed by atoms with Crippen molar-refractivity contribution < 1.29 is 23.1 Å². The van der Waals surface area contributed by atoms with Gasteiger partial charge in [-0.1, -0.05) is 6.92 Å². The van der Waals surface area contributed by atoms with Crippen molar-refractivity contribution >= 4 is 21.8 Å². The van der Waals surface area contributed by atoms with Crippen molar-refractivity contribution in [2.75, 3.05) is 25.1 Å². The van der Waals surface area contributed by atoms with Crippen molar-refractivity contribution in [1.29, 1.82) is 0 Å². The molecular formula is C10H18N2O5S. The number of nitrogens with zero attached hydrogens (tertiary/aromatic N) is 1. The van der Waals surface area contributed by atoms with Crippen LogP contribution in [0.5, 0.6) is 0 Å². The fourth-order valence-corrected chi connectivity index (χ4v) is 3.44. The summed E-state index contributed by atoms with van der Waals surface area (Å²) in [7, 11) is -1.55. The van der Waals surface area contributed by atoms with Crippen molar-refractivity contribution in [2.24, 2.45) is 5.92 Å². The van der Waals surface area contributed by atoms with E-state index >= 15 is 0 Å². The minimum atomic E-state index is -3.03. The second-order valence-electron chi connectivity index (χ2n) is 4.67. The summed E-state index contributed by atoms with van der Waals surface area (Å²) < 4.78 is 22.4. The number of rotatable bonds is 4. The van der Waals surface area contributed by atoms with E-state index in [-0.39, 0.29) is 24.1 Å². The van der Waals surface area contributed by atoms with Gasteiger partial charge in [-0.2, -0.15) is 0 Å². The van der Waals surface area contributed by atoms with E-state index in [1.165, 1.54) is 18.9 Å². The van der Waals surface area contributed by atoms with E-state index in [0.717, 1.165) is 0 Å². The third-order valence-electron chi connectivity index (χ3n) is 2.88. The van der Waals surface area contributed by atoms with Crippen LogP contribution in [0.15, 0.2) is 0 Å². The first kappa shape index (κ1) is 14.7. The molecule has 1 rings (SSSR count). The number of urea groups is 1. The van der Waals surface area contributed by atoms with Gasteiger partial charge in [0.25, 0.3) is 0 Å². The van der Waals surface area contributed by atoms with E-state index in [2.05, 4.69) is 5.32 Å². The van der Waals surface area contributed by atoms with Gasteiger partial charge in [0.2, 0.25) is 0 Å². The minimum absolute atomic E-state index is 0.0406. The first-order valence-corrected chi connectivity index (χ1v) is 7.48. The second-order valence-corrected chi connectivity index (χ2v) is 6.90. The van der Waals surface area contributed by atoms with Gasteiger partial charge >= 0.3 is 12.0 Å². The molecule has 2 amide bonds. The third-order valence-corrected chi connectivity index (χ3v) is 4.64. The van der Waals surface area contributed by atoms with Crippen LogP contribution in [0, 0.1) is 5.92 Å². The van der Waals surface area contributed by atoms with Crippen LogP contribution in [0.2, 0.25) is 0 Å².